The maximum Gasteiger partial charge on any atom is 0.238 e. The zero-order valence-corrected chi connectivity index (χ0v) is 17.5. The molecule has 31 heavy (non-hydrogen) atoms. The smallest absolute Gasteiger partial charge is 0.238 e. The van der Waals surface area contributed by atoms with Crippen molar-refractivity contribution in [2.75, 3.05) is 5.32 Å². The number of sulfonamides is 1. The predicted molar refractivity (Wildman–Crippen MR) is 112 cm³/mol. The van der Waals surface area contributed by atoms with Crippen molar-refractivity contribution in [3.05, 3.63) is 88.4 Å². The van der Waals surface area contributed by atoms with E-state index in [0.717, 1.165) is 6.07 Å². The van der Waals surface area contributed by atoms with Gasteiger partial charge in [0.15, 0.2) is 0 Å². The molecule has 0 saturated heterocycles. The summed E-state index contributed by atoms with van der Waals surface area (Å²) in [6.45, 7) is -0.148. The number of carbonyl (C=O) groups excluding carboxylic acids is 1. The van der Waals surface area contributed by atoms with E-state index in [9.17, 15) is 22.0 Å². The van der Waals surface area contributed by atoms with E-state index in [1.165, 1.54) is 54.6 Å². The molecule has 1 amide bonds. The molecular formula is C21H17ClF2N2O4S. The summed E-state index contributed by atoms with van der Waals surface area (Å²) >= 11 is 5.97. The van der Waals surface area contributed by atoms with Crippen LogP contribution in [0.2, 0.25) is 5.02 Å². The number of hydrogen-bond acceptors (Lipinski definition) is 4. The lowest BCUT2D eigenvalue weighted by Gasteiger charge is -2.13. The van der Waals surface area contributed by atoms with Gasteiger partial charge in [0, 0.05) is 16.3 Å². The van der Waals surface area contributed by atoms with Crippen LogP contribution in [0.5, 0.6) is 5.75 Å². The fraction of sp³-hybridized carbons (Fsp3) is 0.0952. The Balaban J connectivity index is 1.76. The van der Waals surface area contributed by atoms with Crippen molar-refractivity contribution >= 4 is 33.2 Å². The summed E-state index contributed by atoms with van der Waals surface area (Å²) < 4.78 is 55.9. The molecule has 162 valence electrons. The number of carbonyl (C=O) groups is 1. The molecular weight excluding hydrogens is 450 g/mol. The molecule has 3 N–H and O–H groups in total. The van der Waals surface area contributed by atoms with Crippen LogP contribution in [0, 0.1) is 11.6 Å². The van der Waals surface area contributed by atoms with Gasteiger partial charge in [0.25, 0.3) is 0 Å². The highest BCUT2D eigenvalue weighted by molar-refractivity contribution is 7.89. The first-order valence-electron chi connectivity index (χ1n) is 8.90. The Hall–Kier alpha value is -3.01. The summed E-state index contributed by atoms with van der Waals surface area (Å²) in [5.41, 5.74) is 0.709. The Labute approximate surface area is 182 Å². The molecule has 0 spiro atoms. The molecule has 3 aromatic carbocycles. The van der Waals surface area contributed by atoms with Crippen molar-refractivity contribution < 1.29 is 26.7 Å². The lowest BCUT2D eigenvalue weighted by atomic mass is 10.1. The molecule has 0 aliphatic rings. The van der Waals surface area contributed by atoms with Crippen molar-refractivity contribution in [2.24, 2.45) is 5.14 Å². The molecule has 0 bridgehead atoms. The standard InChI is InChI=1S/C21H17ClF2N2O4S/c22-19-8-4-16(24)9-14(19)10-21(27)26-17-5-1-13(20(11-17)31(25,28)29)12-30-18-6-2-15(23)3-7-18/h1-9,11H,10,12H2,(H,26,27)(H2,25,28,29). The largest absolute Gasteiger partial charge is 0.489 e. The minimum Gasteiger partial charge on any atom is -0.489 e. The lowest BCUT2D eigenvalue weighted by molar-refractivity contribution is -0.115. The molecule has 0 aliphatic heterocycles. The number of ether oxygens (including phenoxy) is 1. The average Bonchev–Trinajstić information content (AvgIpc) is 2.70. The Bertz CT molecular complexity index is 1220. The minimum atomic E-state index is -4.14. The molecule has 10 heteroatoms. The monoisotopic (exact) mass is 466 g/mol. The predicted octanol–water partition coefficient (Wildman–Crippen LogP) is 4.03. The molecule has 6 nitrogen and oxygen atoms in total. The Morgan fingerprint density at radius 2 is 1.65 bits per heavy atom. The molecule has 0 unspecified atom stereocenters. The van der Waals surface area contributed by atoms with Gasteiger partial charge >= 0.3 is 0 Å². The van der Waals surface area contributed by atoms with Crippen LogP contribution in [0.4, 0.5) is 14.5 Å². The van der Waals surface area contributed by atoms with Crippen LogP contribution < -0.4 is 15.2 Å². The zero-order valence-electron chi connectivity index (χ0n) is 15.9. The molecule has 0 aliphatic carbocycles. The third-order valence-corrected chi connectivity index (χ3v) is 5.59. The van der Waals surface area contributed by atoms with Crippen LogP contribution in [0.3, 0.4) is 0 Å². The van der Waals surface area contributed by atoms with Gasteiger partial charge < -0.3 is 10.1 Å². The van der Waals surface area contributed by atoms with E-state index in [1.807, 2.05) is 0 Å². The van der Waals surface area contributed by atoms with Crippen LogP contribution >= 0.6 is 11.6 Å². The van der Waals surface area contributed by atoms with Crippen LogP contribution in [-0.4, -0.2) is 14.3 Å². The lowest BCUT2D eigenvalue weighted by Crippen LogP contribution is -2.18. The number of benzene rings is 3. The summed E-state index contributed by atoms with van der Waals surface area (Å²) in [7, 11) is -4.14. The van der Waals surface area contributed by atoms with Gasteiger partial charge in [-0.2, -0.15) is 0 Å². The molecule has 0 radical (unpaired) electrons. The van der Waals surface area contributed by atoms with Crippen LogP contribution in [-0.2, 0) is 27.8 Å². The van der Waals surface area contributed by atoms with Gasteiger partial charge in [0.2, 0.25) is 15.9 Å². The molecule has 0 atom stereocenters. The van der Waals surface area contributed by atoms with Gasteiger partial charge in [0.1, 0.15) is 24.0 Å². The average molecular weight is 467 g/mol. The van der Waals surface area contributed by atoms with Gasteiger partial charge in [0.05, 0.1) is 11.3 Å². The number of anilines is 1. The van der Waals surface area contributed by atoms with Crippen LogP contribution in [0.1, 0.15) is 11.1 Å². The van der Waals surface area contributed by atoms with E-state index >= 15 is 0 Å². The fourth-order valence-electron chi connectivity index (χ4n) is 2.77. The molecule has 3 rings (SSSR count). The second kappa shape index (κ2) is 9.42. The molecule has 0 aromatic heterocycles. The number of nitrogens with two attached hydrogens (primary N) is 1. The number of primary sulfonamides is 1. The Morgan fingerprint density at radius 1 is 0.968 bits per heavy atom. The van der Waals surface area contributed by atoms with Crippen molar-refractivity contribution in [1.82, 2.24) is 0 Å². The minimum absolute atomic E-state index is 0.148. The quantitative estimate of drug-likeness (QED) is 0.549. The zero-order chi connectivity index (χ0) is 22.6. The summed E-state index contributed by atoms with van der Waals surface area (Å²) in [5.74, 6) is -1.15. The van der Waals surface area contributed by atoms with E-state index in [0.29, 0.717) is 5.75 Å². The van der Waals surface area contributed by atoms with Gasteiger partial charge in [-0.15, -0.1) is 0 Å². The number of rotatable bonds is 7. The van der Waals surface area contributed by atoms with Crippen molar-refractivity contribution in [2.45, 2.75) is 17.9 Å². The number of amides is 1. The first-order chi connectivity index (χ1) is 14.6. The summed E-state index contributed by atoms with van der Waals surface area (Å²) in [4.78, 5) is 12.1. The Morgan fingerprint density at radius 3 is 2.32 bits per heavy atom. The number of halogens is 3. The van der Waals surface area contributed by atoms with E-state index in [2.05, 4.69) is 5.32 Å². The van der Waals surface area contributed by atoms with Crippen molar-refractivity contribution in [3.8, 4) is 5.75 Å². The first kappa shape index (κ1) is 22.7. The maximum atomic E-state index is 13.4. The SMILES string of the molecule is NS(=O)(=O)c1cc(NC(=O)Cc2cc(F)ccc2Cl)ccc1COc1ccc(F)cc1. The first-order valence-corrected chi connectivity index (χ1v) is 10.8. The van der Waals surface area contributed by atoms with Crippen LogP contribution in [0.15, 0.2) is 65.6 Å². The summed E-state index contributed by atoms with van der Waals surface area (Å²) in [5, 5.41) is 8.07. The molecule has 0 heterocycles. The molecule has 0 saturated carbocycles. The fourth-order valence-corrected chi connectivity index (χ4v) is 3.73. The van der Waals surface area contributed by atoms with E-state index in [-0.39, 0.29) is 39.8 Å². The van der Waals surface area contributed by atoms with E-state index < -0.39 is 27.6 Å². The highest BCUT2D eigenvalue weighted by Gasteiger charge is 2.17. The van der Waals surface area contributed by atoms with Crippen molar-refractivity contribution in [3.63, 3.8) is 0 Å². The maximum absolute atomic E-state index is 13.4. The third kappa shape index (κ3) is 6.24. The topological polar surface area (TPSA) is 98.5 Å². The third-order valence-electron chi connectivity index (χ3n) is 4.22. The second-order valence-corrected chi connectivity index (χ2v) is 8.51. The molecule has 3 aromatic rings. The second-order valence-electron chi connectivity index (χ2n) is 6.57. The highest BCUT2D eigenvalue weighted by atomic mass is 35.5. The van der Waals surface area contributed by atoms with Gasteiger partial charge in [-0.1, -0.05) is 17.7 Å². The number of nitrogens with one attached hydrogen (secondary N) is 1. The molecule has 0 fully saturated rings. The summed E-state index contributed by atoms with van der Waals surface area (Å²) in [6.07, 6.45) is -0.212. The Kier molecular flexibility index (Phi) is 6.89. The van der Waals surface area contributed by atoms with Crippen LogP contribution in [0.25, 0.3) is 0 Å². The van der Waals surface area contributed by atoms with Crippen molar-refractivity contribution in [1.29, 1.82) is 0 Å². The normalized spacial score (nSPS) is 11.2. The highest BCUT2D eigenvalue weighted by Crippen LogP contribution is 2.23. The van der Waals surface area contributed by atoms with Gasteiger partial charge in [-0.05, 0) is 60.2 Å². The van der Waals surface area contributed by atoms with Gasteiger partial charge in [-0.25, -0.2) is 22.3 Å². The van der Waals surface area contributed by atoms with Gasteiger partial charge in [-0.3, -0.25) is 4.79 Å². The van der Waals surface area contributed by atoms with E-state index in [1.54, 1.807) is 0 Å². The summed E-state index contributed by atoms with van der Waals surface area (Å²) in [6, 6.07) is 13.0. The number of hydrogen-bond donors (Lipinski definition) is 2. The van der Waals surface area contributed by atoms with E-state index in [4.69, 9.17) is 21.5 Å².